The maximum Gasteiger partial charge on any atom is 0.0366 e. The number of halogens is 1. The largest absolute Gasteiger partial charge is 0.398 e. The van der Waals surface area contributed by atoms with E-state index in [0.29, 0.717) is 0 Å². The van der Waals surface area contributed by atoms with E-state index in [0.717, 1.165) is 21.2 Å². The van der Waals surface area contributed by atoms with Crippen LogP contribution >= 0.6 is 27.7 Å². The summed E-state index contributed by atoms with van der Waals surface area (Å²) in [5.41, 5.74) is 8.13. The molecule has 1 fully saturated rings. The number of thioether (sulfide) groups is 1. The average Bonchev–Trinajstić information content (AvgIpc) is 2.70. The molecule has 0 radical (unpaired) electrons. The molecule has 2 rings (SSSR count). The van der Waals surface area contributed by atoms with Crippen LogP contribution in [0.25, 0.3) is 0 Å². The van der Waals surface area contributed by atoms with Crippen molar-refractivity contribution in [2.75, 3.05) is 5.73 Å². The summed E-state index contributed by atoms with van der Waals surface area (Å²) >= 11 is 5.62. The summed E-state index contributed by atoms with van der Waals surface area (Å²) in [6.45, 7) is 0. The van der Waals surface area contributed by atoms with Gasteiger partial charge in [-0.3, -0.25) is 0 Å². The van der Waals surface area contributed by atoms with Gasteiger partial charge in [0, 0.05) is 21.2 Å². The van der Waals surface area contributed by atoms with Gasteiger partial charge in [0.25, 0.3) is 0 Å². The third kappa shape index (κ3) is 2.91. The predicted molar refractivity (Wildman–Crippen MR) is 72.1 cm³/mol. The highest BCUT2D eigenvalue weighted by molar-refractivity contribution is 9.10. The van der Waals surface area contributed by atoms with Crippen LogP contribution in [0, 0.1) is 0 Å². The lowest BCUT2D eigenvalue weighted by Gasteiger charge is -2.11. The monoisotopic (exact) mass is 285 g/mol. The van der Waals surface area contributed by atoms with Gasteiger partial charge in [-0.25, -0.2) is 0 Å². The van der Waals surface area contributed by atoms with E-state index in [4.69, 9.17) is 5.73 Å². The molecular weight excluding hydrogens is 270 g/mol. The first-order chi connectivity index (χ1) is 7.27. The Labute approximate surface area is 104 Å². The molecule has 0 unspecified atom stereocenters. The standard InChI is InChI=1S/C12H16BrNS/c13-11-6-3-7-12(14)10(11)8-15-9-4-1-2-5-9/h3,6-7,9H,1-2,4-5,8,14H2. The van der Waals surface area contributed by atoms with Crippen molar-refractivity contribution in [2.24, 2.45) is 0 Å². The van der Waals surface area contributed by atoms with Crippen LogP contribution in [-0.2, 0) is 5.75 Å². The number of anilines is 1. The first-order valence-electron chi connectivity index (χ1n) is 5.42. The number of rotatable bonds is 3. The van der Waals surface area contributed by atoms with Gasteiger partial charge in [0.15, 0.2) is 0 Å². The summed E-state index contributed by atoms with van der Waals surface area (Å²) in [6, 6.07) is 6.04. The third-order valence-electron chi connectivity index (χ3n) is 2.92. The van der Waals surface area contributed by atoms with E-state index < -0.39 is 0 Å². The first kappa shape index (κ1) is 11.3. The van der Waals surface area contributed by atoms with Crippen LogP contribution in [0.2, 0.25) is 0 Å². The maximum absolute atomic E-state index is 5.96. The summed E-state index contributed by atoms with van der Waals surface area (Å²) in [7, 11) is 0. The molecule has 0 aromatic heterocycles. The summed E-state index contributed by atoms with van der Waals surface area (Å²) in [5, 5.41) is 0.858. The smallest absolute Gasteiger partial charge is 0.0366 e. The SMILES string of the molecule is Nc1cccc(Br)c1CSC1CCCC1. The van der Waals surface area contributed by atoms with Gasteiger partial charge in [-0.1, -0.05) is 34.8 Å². The molecular formula is C12H16BrNS. The highest BCUT2D eigenvalue weighted by Gasteiger charge is 2.16. The molecule has 0 atom stereocenters. The molecule has 1 aromatic rings. The number of hydrogen-bond donors (Lipinski definition) is 1. The van der Waals surface area contributed by atoms with Gasteiger partial charge in [0.2, 0.25) is 0 Å². The topological polar surface area (TPSA) is 26.0 Å². The van der Waals surface area contributed by atoms with Crippen LogP contribution in [0.15, 0.2) is 22.7 Å². The van der Waals surface area contributed by atoms with Crippen molar-refractivity contribution in [1.29, 1.82) is 0 Å². The van der Waals surface area contributed by atoms with Crippen molar-refractivity contribution in [3.8, 4) is 0 Å². The van der Waals surface area contributed by atoms with E-state index in [1.54, 1.807) is 0 Å². The number of benzene rings is 1. The zero-order chi connectivity index (χ0) is 10.7. The molecule has 1 nitrogen and oxygen atoms in total. The summed E-state index contributed by atoms with van der Waals surface area (Å²) in [6.07, 6.45) is 5.58. The number of nitrogens with two attached hydrogens (primary N) is 1. The van der Waals surface area contributed by atoms with E-state index in [2.05, 4.69) is 33.8 Å². The minimum atomic E-state index is 0.858. The van der Waals surface area contributed by atoms with Gasteiger partial charge in [0.05, 0.1) is 0 Å². The Kier molecular flexibility index (Phi) is 3.98. The highest BCUT2D eigenvalue weighted by atomic mass is 79.9. The molecule has 1 aliphatic rings. The fraction of sp³-hybridized carbons (Fsp3) is 0.500. The van der Waals surface area contributed by atoms with Gasteiger partial charge in [0.1, 0.15) is 0 Å². The van der Waals surface area contributed by atoms with E-state index in [-0.39, 0.29) is 0 Å². The number of hydrogen-bond acceptors (Lipinski definition) is 2. The van der Waals surface area contributed by atoms with Crippen molar-refractivity contribution in [2.45, 2.75) is 36.7 Å². The molecule has 0 saturated heterocycles. The van der Waals surface area contributed by atoms with Gasteiger partial charge in [-0.15, -0.1) is 0 Å². The molecule has 1 aliphatic carbocycles. The molecule has 0 aliphatic heterocycles. The lowest BCUT2D eigenvalue weighted by molar-refractivity contribution is 0.886. The summed E-state index contributed by atoms with van der Waals surface area (Å²) in [4.78, 5) is 0. The van der Waals surface area contributed by atoms with Crippen molar-refractivity contribution in [3.05, 3.63) is 28.2 Å². The quantitative estimate of drug-likeness (QED) is 0.842. The van der Waals surface area contributed by atoms with Gasteiger partial charge >= 0.3 is 0 Å². The van der Waals surface area contributed by atoms with Crippen LogP contribution in [0.1, 0.15) is 31.2 Å². The normalized spacial score (nSPS) is 17.1. The lowest BCUT2D eigenvalue weighted by Crippen LogP contribution is -1.98. The molecule has 1 aromatic carbocycles. The Morgan fingerprint density at radius 3 is 2.73 bits per heavy atom. The Morgan fingerprint density at radius 1 is 1.33 bits per heavy atom. The van der Waals surface area contributed by atoms with E-state index in [1.165, 1.54) is 31.2 Å². The van der Waals surface area contributed by atoms with Crippen LogP contribution in [0.5, 0.6) is 0 Å². The molecule has 2 N–H and O–H groups in total. The van der Waals surface area contributed by atoms with E-state index in [9.17, 15) is 0 Å². The minimum absolute atomic E-state index is 0.858. The van der Waals surface area contributed by atoms with Crippen LogP contribution < -0.4 is 5.73 Å². The molecule has 15 heavy (non-hydrogen) atoms. The second kappa shape index (κ2) is 5.26. The fourth-order valence-corrected chi connectivity index (χ4v) is 4.08. The van der Waals surface area contributed by atoms with Crippen molar-refractivity contribution in [1.82, 2.24) is 0 Å². The van der Waals surface area contributed by atoms with Crippen LogP contribution in [0.3, 0.4) is 0 Å². The second-order valence-corrected chi connectivity index (χ2v) is 6.17. The molecule has 0 bridgehead atoms. The predicted octanol–water partition coefficient (Wildman–Crippen LogP) is 4.21. The third-order valence-corrected chi connectivity index (χ3v) is 5.06. The second-order valence-electron chi connectivity index (χ2n) is 4.03. The van der Waals surface area contributed by atoms with Crippen molar-refractivity contribution >= 4 is 33.4 Å². The Bertz CT molecular complexity index is 314. The minimum Gasteiger partial charge on any atom is -0.398 e. The van der Waals surface area contributed by atoms with Crippen LogP contribution in [0.4, 0.5) is 5.69 Å². The van der Waals surface area contributed by atoms with Crippen LogP contribution in [-0.4, -0.2) is 5.25 Å². The first-order valence-corrected chi connectivity index (χ1v) is 7.26. The van der Waals surface area contributed by atoms with E-state index >= 15 is 0 Å². The molecule has 3 heteroatoms. The Morgan fingerprint density at radius 2 is 2.07 bits per heavy atom. The average molecular weight is 286 g/mol. The van der Waals surface area contributed by atoms with Crippen molar-refractivity contribution < 1.29 is 0 Å². The van der Waals surface area contributed by atoms with Crippen molar-refractivity contribution in [3.63, 3.8) is 0 Å². The number of nitrogen functional groups attached to an aromatic ring is 1. The molecule has 0 heterocycles. The van der Waals surface area contributed by atoms with Gasteiger partial charge in [-0.2, -0.15) is 11.8 Å². The lowest BCUT2D eigenvalue weighted by atomic mass is 10.2. The van der Waals surface area contributed by atoms with E-state index in [1.807, 2.05) is 12.1 Å². The summed E-state index contributed by atoms with van der Waals surface area (Å²) in [5.74, 6) is 1.04. The maximum atomic E-state index is 5.96. The summed E-state index contributed by atoms with van der Waals surface area (Å²) < 4.78 is 1.15. The fourth-order valence-electron chi connectivity index (χ4n) is 1.98. The zero-order valence-corrected chi connectivity index (χ0v) is 11.1. The Hall–Kier alpha value is -0.150. The molecule has 82 valence electrons. The zero-order valence-electron chi connectivity index (χ0n) is 8.71. The van der Waals surface area contributed by atoms with Gasteiger partial charge < -0.3 is 5.73 Å². The molecule has 0 spiro atoms. The molecule has 1 saturated carbocycles. The molecule has 0 amide bonds. The Balaban J connectivity index is 1.97. The highest BCUT2D eigenvalue weighted by Crippen LogP contribution is 2.34. The van der Waals surface area contributed by atoms with Gasteiger partial charge in [-0.05, 0) is 30.5 Å².